The average molecular weight is 261 g/mol. The van der Waals surface area contributed by atoms with E-state index in [0.717, 1.165) is 0 Å². The number of nitrogens with one attached hydrogen (secondary N) is 1. The number of ether oxygens (including phenoxy) is 2. The molecule has 0 aromatic rings. The molecule has 0 aromatic carbocycles. The second-order valence-corrected chi connectivity index (χ2v) is 4.24. The molecule has 1 amide bonds. The maximum Gasteiger partial charge on any atom is 0.270 e. The van der Waals surface area contributed by atoms with Gasteiger partial charge in [-0.05, 0) is 6.58 Å². The Balaban J connectivity index is 2.17. The lowest BCUT2D eigenvalue weighted by Crippen LogP contribution is -2.62. The molecule has 2 aliphatic heterocycles. The Morgan fingerprint density at radius 3 is 2.39 bits per heavy atom. The molecule has 0 bridgehead atoms. The van der Waals surface area contributed by atoms with Gasteiger partial charge in [-0.25, -0.2) is 0 Å². The number of aliphatic hydroxyl groups excluding tert-OH is 4. The van der Waals surface area contributed by atoms with E-state index >= 15 is 0 Å². The first kappa shape index (κ1) is 13.2. The number of carbonyl (C=O) groups excluding carboxylic acids is 1. The minimum atomic E-state index is -1.54. The van der Waals surface area contributed by atoms with Crippen LogP contribution in [0.4, 0.5) is 0 Å². The summed E-state index contributed by atoms with van der Waals surface area (Å²) >= 11 is 0. The van der Waals surface area contributed by atoms with Gasteiger partial charge in [0.15, 0.2) is 5.88 Å². The third-order valence-electron chi connectivity index (χ3n) is 3.02. The number of carbonyl (C=O) groups is 1. The van der Waals surface area contributed by atoms with Crippen LogP contribution in [0.2, 0.25) is 0 Å². The lowest BCUT2D eigenvalue weighted by atomic mass is 9.92. The van der Waals surface area contributed by atoms with Crippen LogP contribution < -0.4 is 5.32 Å². The Labute approximate surface area is 102 Å². The van der Waals surface area contributed by atoms with Crippen molar-refractivity contribution in [3.05, 3.63) is 12.5 Å². The lowest BCUT2D eigenvalue weighted by molar-refractivity contribution is -0.245. The number of aliphatic hydroxyl groups is 4. The normalized spacial score (nSPS) is 44.7. The Morgan fingerprint density at radius 1 is 1.22 bits per heavy atom. The van der Waals surface area contributed by atoms with Gasteiger partial charge in [-0.3, -0.25) is 10.1 Å². The van der Waals surface area contributed by atoms with Crippen molar-refractivity contribution in [1.82, 2.24) is 5.32 Å². The fourth-order valence-corrected chi connectivity index (χ4v) is 2.04. The molecule has 4 unspecified atom stereocenters. The maximum atomic E-state index is 11.5. The van der Waals surface area contributed by atoms with E-state index in [-0.39, 0.29) is 5.88 Å². The van der Waals surface area contributed by atoms with Crippen LogP contribution in [0.3, 0.4) is 0 Å². The molecule has 0 aromatic heterocycles. The van der Waals surface area contributed by atoms with E-state index in [1.165, 1.54) is 0 Å². The standard InChI is InChI=1S/C10H15NO7/c1-3-11-10(16)9(17-3)8-7(15)6(14)5(13)4(2-12)18-8/h4-9,12-15H,1-2H2,(H,11,16)/t4-,5-,6?,7?,8?,9?/m1/s1. The fraction of sp³-hybridized carbons (Fsp3) is 0.700. The minimum Gasteiger partial charge on any atom is -0.463 e. The molecular formula is C10H15NO7. The Hall–Kier alpha value is -1.19. The van der Waals surface area contributed by atoms with E-state index in [9.17, 15) is 20.1 Å². The largest absolute Gasteiger partial charge is 0.463 e. The van der Waals surface area contributed by atoms with Crippen LogP contribution >= 0.6 is 0 Å². The van der Waals surface area contributed by atoms with Crippen molar-refractivity contribution < 1.29 is 34.7 Å². The molecule has 102 valence electrons. The van der Waals surface area contributed by atoms with Crippen molar-refractivity contribution in [1.29, 1.82) is 0 Å². The summed E-state index contributed by atoms with van der Waals surface area (Å²) in [5.41, 5.74) is 0. The van der Waals surface area contributed by atoms with Crippen molar-refractivity contribution in [3.8, 4) is 0 Å². The van der Waals surface area contributed by atoms with Crippen molar-refractivity contribution in [2.45, 2.75) is 36.6 Å². The van der Waals surface area contributed by atoms with E-state index < -0.39 is 49.1 Å². The summed E-state index contributed by atoms with van der Waals surface area (Å²) in [4.78, 5) is 11.5. The van der Waals surface area contributed by atoms with Crippen molar-refractivity contribution in [2.24, 2.45) is 0 Å². The number of hydrogen-bond donors (Lipinski definition) is 5. The van der Waals surface area contributed by atoms with Gasteiger partial charge in [-0.15, -0.1) is 0 Å². The summed E-state index contributed by atoms with van der Waals surface area (Å²) in [5.74, 6) is -0.550. The van der Waals surface area contributed by atoms with Crippen LogP contribution in [0.15, 0.2) is 12.5 Å². The van der Waals surface area contributed by atoms with E-state index in [2.05, 4.69) is 11.9 Å². The molecule has 6 atom stereocenters. The first-order valence-corrected chi connectivity index (χ1v) is 5.42. The predicted octanol–water partition coefficient (Wildman–Crippen LogP) is -3.18. The summed E-state index contributed by atoms with van der Waals surface area (Å²) in [6, 6.07) is 0. The average Bonchev–Trinajstić information content (AvgIpc) is 2.66. The monoisotopic (exact) mass is 261 g/mol. The minimum absolute atomic E-state index is 0.0157. The predicted molar refractivity (Wildman–Crippen MR) is 55.9 cm³/mol. The Kier molecular flexibility index (Phi) is 3.55. The van der Waals surface area contributed by atoms with Crippen LogP contribution in [0.1, 0.15) is 0 Å². The highest BCUT2D eigenvalue weighted by Gasteiger charge is 2.50. The van der Waals surface area contributed by atoms with E-state index in [1.807, 2.05) is 0 Å². The molecular weight excluding hydrogens is 246 g/mol. The second kappa shape index (κ2) is 4.82. The number of rotatable bonds is 2. The van der Waals surface area contributed by atoms with Gasteiger partial charge in [0, 0.05) is 0 Å². The molecule has 2 rings (SSSR count). The van der Waals surface area contributed by atoms with Crippen molar-refractivity contribution in [2.75, 3.05) is 6.61 Å². The van der Waals surface area contributed by atoms with Gasteiger partial charge in [0.05, 0.1) is 6.61 Å². The summed E-state index contributed by atoms with van der Waals surface area (Å²) in [6.45, 7) is 2.84. The molecule has 0 saturated carbocycles. The van der Waals surface area contributed by atoms with Crippen LogP contribution in [0.25, 0.3) is 0 Å². The highest BCUT2D eigenvalue weighted by molar-refractivity contribution is 5.85. The zero-order valence-corrected chi connectivity index (χ0v) is 9.39. The third-order valence-corrected chi connectivity index (χ3v) is 3.02. The lowest BCUT2D eigenvalue weighted by Gasteiger charge is -2.40. The SMILES string of the molecule is C=C1NC(=O)C(C2O[C@H](CO)[C@@H](O)C(O)C2O)O1. The molecule has 18 heavy (non-hydrogen) atoms. The summed E-state index contributed by atoms with van der Waals surface area (Å²) in [7, 11) is 0. The van der Waals surface area contributed by atoms with Gasteiger partial charge < -0.3 is 29.9 Å². The topological polar surface area (TPSA) is 128 Å². The molecule has 2 aliphatic rings. The molecule has 2 fully saturated rings. The third kappa shape index (κ3) is 2.08. The maximum absolute atomic E-state index is 11.5. The van der Waals surface area contributed by atoms with E-state index in [1.54, 1.807) is 0 Å². The summed E-state index contributed by atoms with van der Waals surface area (Å²) in [5, 5.41) is 40.2. The second-order valence-electron chi connectivity index (χ2n) is 4.24. The van der Waals surface area contributed by atoms with Crippen LogP contribution in [0.5, 0.6) is 0 Å². The highest BCUT2D eigenvalue weighted by Crippen LogP contribution is 2.27. The quantitative estimate of drug-likeness (QED) is 0.354. The van der Waals surface area contributed by atoms with Crippen LogP contribution in [-0.2, 0) is 14.3 Å². The van der Waals surface area contributed by atoms with Gasteiger partial charge in [0.1, 0.15) is 30.5 Å². The zero-order chi connectivity index (χ0) is 13.4. The molecule has 8 heteroatoms. The van der Waals surface area contributed by atoms with Gasteiger partial charge in [0.25, 0.3) is 5.91 Å². The summed E-state index contributed by atoms with van der Waals surface area (Å²) < 4.78 is 10.2. The van der Waals surface area contributed by atoms with Gasteiger partial charge in [-0.2, -0.15) is 0 Å². The molecule has 0 spiro atoms. The van der Waals surface area contributed by atoms with Crippen molar-refractivity contribution >= 4 is 5.91 Å². The fourth-order valence-electron chi connectivity index (χ4n) is 2.04. The summed E-state index contributed by atoms with van der Waals surface area (Å²) in [6.07, 6.45) is -7.95. The molecule has 8 nitrogen and oxygen atoms in total. The number of amides is 1. The van der Waals surface area contributed by atoms with E-state index in [4.69, 9.17) is 14.6 Å². The molecule has 2 heterocycles. The number of hydrogen-bond acceptors (Lipinski definition) is 7. The van der Waals surface area contributed by atoms with Gasteiger partial charge in [0.2, 0.25) is 6.10 Å². The van der Waals surface area contributed by atoms with Crippen LogP contribution in [-0.4, -0.2) is 69.6 Å². The highest BCUT2D eigenvalue weighted by atomic mass is 16.6. The van der Waals surface area contributed by atoms with Crippen molar-refractivity contribution in [3.63, 3.8) is 0 Å². The first-order chi connectivity index (χ1) is 8.45. The smallest absolute Gasteiger partial charge is 0.270 e. The Bertz CT molecular complexity index is 358. The molecule has 2 saturated heterocycles. The molecule has 0 radical (unpaired) electrons. The van der Waals surface area contributed by atoms with Gasteiger partial charge >= 0.3 is 0 Å². The molecule has 5 N–H and O–H groups in total. The van der Waals surface area contributed by atoms with Gasteiger partial charge in [-0.1, -0.05) is 0 Å². The zero-order valence-electron chi connectivity index (χ0n) is 9.39. The van der Waals surface area contributed by atoms with E-state index in [0.29, 0.717) is 0 Å². The molecule has 0 aliphatic carbocycles. The Morgan fingerprint density at radius 2 is 1.89 bits per heavy atom. The van der Waals surface area contributed by atoms with Crippen LogP contribution in [0, 0.1) is 0 Å². The first-order valence-electron chi connectivity index (χ1n) is 5.42.